The maximum absolute atomic E-state index is 11.8. The minimum absolute atomic E-state index is 0.127. The first-order valence-electron chi connectivity index (χ1n) is 3.84. The molecule has 76 valence electrons. The van der Waals surface area contributed by atoms with Gasteiger partial charge in [-0.05, 0) is 17.7 Å². The van der Waals surface area contributed by atoms with Crippen LogP contribution < -0.4 is 4.74 Å². The molecule has 0 aliphatic carbocycles. The lowest BCUT2D eigenvalue weighted by Crippen LogP contribution is -2.02. The van der Waals surface area contributed by atoms with E-state index >= 15 is 0 Å². The lowest BCUT2D eigenvalue weighted by atomic mass is 10.1. The van der Waals surface area contributed by atoms with E-state index < -0.39 is 12.4 Å². The Morgan fingerprint density at radius 1 is 1.50 bits per heavy atom. The molecule has 0 aromatic heterocycles. The fourth-order valence-electron chi connectivity index (χ4n) is 0.982. The molecule has 0 aliphatic heterocycles. The van der Waals surface area contributed by atoms with Crippen LogP contribution in [0.15, 0.2) is 18.2 Å². The van der Waals surface area contributed by atoms with Crippen molar-refractivity contribution < 1.29 is 23.4 Å². The van der Waals surface area contributed by atoms with Crippen LogP contribution in [0.5, 0.6) is 11.5 Å². The molecule has 0 heterocycles. The first-order chi connectivity index (χ1) is 6.63. The van der Waals surface area contributed by atoms with E-state index in [1.54, 1.807) is 0 Å². The van der Waals surface area contributed by atoms with Crippen molar-refractivity contribution in [3.05, 3.63) is 23.8 Å². The molecule has 5 heteroatoms. The van der Waals surface area contributed by atoms with Gasteiger partial charge >= 0.3 is 6.61 Å². The summed E-state index contributed by atoms with van der Waals surface area (Å²) in [5.74, 6) is -0.695. The molecule has 3 nitrogen and oxygen atoms in total. The SMILES string of the molecule is O=CCc1ccc(OC(F)F)c(O)c1. The van der Waals surface area contributed by atoms with Crippen LogP contribution in [0, 0.1) is 0 Å². The normalized spacial score (nSPS) is 10.2. The summed E-state index contributed by atoms with van der Waals surface area (Å²) in [5, 5.41) is 9.19. The van der Waals surface area contributed by atoms with Gasteiger partial charge in [0.1, 0.15) is 6.29 Å². The van der Waals surface area contributed by atoms with Gasteiger partial charge in [0.05, 0.1) is 0 Å². The molecule has 1 aromatic carbocycles. The number of carbonyl (C=O) groups excluding carboxylic acids is 1. The highest BCUT2D eigenvalue weighted by atomic mass is 19.3. The molecule has 0 saturated heterocycles. The zero-order valence-corrected chi connectivity index (χ0v) is 7.11. The van der Waals surface area contributed by atoms with Crippen LogP contribution in [-0.2, 0) is 11.2 Å². The summed E-state index contributed by atoms with van der Waals surface area (Å²) in [7, 11) is 0. The highest BCUT2D eigenvalue weighted by Crippen LogP contribution is 2.28. The first-order valence-corrected chi connectivity index (χ1v) is 3.84. The van der Waals surface area contributed by atoms with E-state index in [-0.39, 0.29) is 12.2 Å². The van der Waals surface area contributed by atoms with Crippen molar-refractivity contribution >= 4 is 6.29 Å². The topological polar surface area (TPSA) is 46.5 Å². The van der Waals surface area contributed by atoms with Crippen LogP contribution >= 0.6 is 0 Å². The summed E-state index contributed by atoms with van der Waals surface area (Å²) in [5.41, 5.74) is 0.541. The standard InChI is InChI=1S/C9H8F2O3/c10-9(11)14-8-2-1-6(3-4-12)5-7(8)13/h1-2,4-5,9,13H,3H2. The van der Waals surface area contributed by atoms with E-state index in [0.717, 1.165) is 0 Å². The molecule has 0 amide bonds. The number of aromatic hydroxyl groups is 1. The molecule has 0 fully saturated rings. The van der Waals surface area contributed by atoms with E-state index in [4.69, 9.17) is 0 Å². The molecule has 0 unspecified atom stereocenters. The van der Waals surface area contributed by atoms with Crippen LogP contribution in [-0.4, -0.2) is 18.0 Å². The Morgan fingerprint density at radius 3 is 2.71 bits per heavy atom. The Labute approximate surface area is 78.9 Å². The number of ether oxygens (including phenoxy) is 1. The number of hydrogen-bond acceptors (Lipinski definition) is 3. The quantitative estimate of drug-likeness (QED) is 0.756. The maximum atomic E-state index is 11.8. The number of carbonyl (C=O) groups is 1. The second-order valence-corrected chi connectivity index (χ2v) is 2.55. The Morgan fingerprint density at radius 2 is 2.21 bits per heavy atom. The number of aldehydes is 1. The van der Waals surface area contributed by atoms with Crippen LogP contribution in [0.25, 0.3) is 0 Å². The van der Waals surface area contributed by atoms with Crippen molar-refractivity contribution in [2.75, 3.05) is 0 Å². The van der Waals surface area contributed by atoms with Crippen molar-refractivity contribution in [3.8, 4) is 11.5 Å². The number of halogens is 2. The van der Waals surface area contributed by atoms with Crippen molar-refractivity contribution in [1.82, 2.24) is 0 Å². The zero-order valence-electron chi connectivity index (χ0n) is 7.11. The molecule has 0 spiro atoms. The number of alkyl halides is 2. The van der Waals surface area contributed by atoms with Crippen LogP contribution in [0.1, 0.15) is 5.56 Å². The second kappa shape index (κ2) is 4.55. The van der Waals surface area contributed by atoms with Gasteiger partial charge in [0.15, 0.2) is 11.5 Å². The lowest BCUT2D eigenvalue weighted by Gasteiger charge is -2.06. The monoisotopic (exact) mass is 202 g/mol. The largest absolute Gasteiger partial charge is 0.504 e. The van der Waals surface area contributed by atoms with Crippen molar-refractivity contribution in [2.24, 2.45) is 0 Å². The van der Waals surface area contributed by atoms with Crippen LogP contribution in [0.4, 0.5) is 8.78 Å². The highest BCUT2D eigenvalue weighted by molar-refractivity contribution is 5.56. The molecule has 0 atom stereocenters. The number of rotatable bonds is 4. The minimum atomic E-state index is -2.97. The summed E-state index contributed by atoms with van der Waals surface area (Å²) in [6, 6.07) is 3.85. The zero-order chi connectivity index (χ0) is 10.6. The summed E-state index contributed by atoms with van der Waals surface area (Å²) in [6.45, 7) is -2.97. The molecule has 0 aliphatic rings. The summed E-state index contributed by atoms with van der Waals surface area (Å²) >= 11 is 0. The average molecular weight is 202 g/mol. The number of phenols is 1. The molecule has 0 bridgehead atoms. The molecule has 0 radical (unpaired) electrons. The van der Waals surface area contributed by atoms with Crippen LogP contribution in [0.2, 0.25) is 0 Å². The van der Waals surface area contributed by atoms with Gasteiger partial charge in [-0.3, -0.25) is 0 Å². The minimum Gasteiger partial charge on any atom is -0.504 e. The van der Waals surface area contributed by atoms with Gasteiger partial charge in [0.25, 0.3) is 0 Å². The first kappa shape index (κ1) is 10.4. The van der Waals surface area contributed by atoms with Gasteiger partial charge in [-0.15, -0.1) is 0 Å². The van der Waals surface area contributed by atoms with Crippen molar-refractivity contribution in [2.45, 2.75) is 13.0 Å². The third kappa shape index (κ3) is 2.69. The van der Waals surface area contributed by atoms with E-state index in [2.05, 4.69) is 4.74 Å². The van der Waals surface area contributed by atoms with Gasteiger partial charge in [-0.2, -0.15) is 8.78 Å². The average Bonchev–Trinajstić information content (AvgIpc) is 2.10. The summed E-state index contributed by atoms with van der Waals surface area (Å²) in [6.07, 6.45) is 0.783. The molecule has 0 saturated carbocycles. The molecule has 14 heavy (non-hydrogen) atoms. The van der Waals surface area contributed by atoms with Crippen molar-refractivity contribution in [3.63, 3.8) is 0 Å². The van der Waals surface area contributed by atoms with Gasteiger partial charge in [-0.1, -0.05) is 6.07 Å². The molecule has 1 N–H and O–H groups in total. The molecule has 1 rings (SSSR count). The molecule has 1 aromatic rings. The predicted octanol–water partition coefficient (Wildman–Crippen LogP) is 1.73. The smallest absolute Gasteiger partial charge is 0.387 e. The van der Waals surface area contributed by atoms with E-state index in [1.165, 1.54) is 18.2 Å². The number of phenolic OH excluding ortho intramolecular Hbond substituents is 1. The predicted molar refractivity (Wildman–Crippen MR) is 44.5 cm³/mol. The lowest BCUT2D eigenvalue weighted by molar-refractivity contribution is -0.107. The fourth-order valence-corrected chi connectivity index (χ4v) is 0.982. The van der Waals surface area contributed by atoms with Crippen LogP contribution in [0.3, 0.4) is 0 Å². The molecular weight excluding hydrogens is 194 g/mol. The van der Waals surface area contributed by atoms with Gasteiger partial charge < -0.3 is 14.6 Å². The third-order valence-electron chi connectivity index (χ3n) is 1.56. The Hall–Kier alpha value is -1.65. The van der Waals surface area contributed by atoms with Gasteiger partial charge in [-0.25, -0.2) is 0 Å². The Kier molecular flexibility index (Phi) is 3.39. The van der Waals surface area contributed by atoms with Gasteiger partial charge in [0, 0.05) is 6.42 Å². The Bertz CT molecular complexity index is 326. The Balaban J connectivity index is 2.83. The van der Waals surface area contributed by atoms with E-state index in [9.17, 15) is 18.7 Å². The third-order valence-corrected chi connectivity index (χ3v) is 1.56. The summed E-state index contributed by atoms with van der Waals surface area (Å²) < 4.78 is 27.5. The maximum Gasteiger partial charge on any atom is 0.387 e. The molecular formula is C9H8F2O3. The van der Waals surface area contributed by atoms with E-state index in [0.29, 0.717) is 11.8 Å². The fraction of sp³-hybridized carbons (Fsp3) is 0.222. The second-order valence-electron chi connectivity index (χ2n) is 2.55. The van der Waals surface area contributed by atoms with E-state index in [1.807, 2.05) is 0 Å². The number of hydrogen-bond donors (Lipinski definition) is 1. The van der Waals surface area contributed by atoms with Gasteiger partial charge in [0.2, 0.25) is 0 Å². The summed E-state index contributed by atoms with van der Waals surface area (Å²) in [4.78, 5) is 10.1. The highest BCUT2D eigenvalue weighted by Gasteiger charge is 2.09. The number of benzene rings is 1. The van der Waals surface area contributed by atoms with Crippen molar-refractivity contribution in [1.29, 1.82) is 0 Å².